The van der Waals surface area contributed by atoms with Crippen LogP contribution in [0, 0.1) is 5.92 Å². The quantitative estimate of drug-likeness (QED) is 0.645. The number of amidine groups is 1. The Morgan fingerprint density at radius 1 is 1.69 bits per heavy atom. The zero-order valence-corrected chi connectivity index (χ0v) is 8.09. The van der Waals surface area contributed by atoms with Crippen molar-refractivity contribution in [2.45, 2.75) is 26.2 Å². The molecule has 0 aromatic carbocycles. The minimum atomic E-state index is 0.787. The summed E-state index contributed by atoms with van der Waals surface area (Å²) < 4.78 is 0. The first kappa shape index (κ1) is 8.61. The molecule has 0 spiro atoms. The monoisotopic (exact) mass is 174 g/mol. The number of nitrogens with zero attached hydrogens (tertiary/aromatic N) is 1. The number of aliphatic imine (C=N–C) groups is 1. The molecule has 1 fully saturated rings. The van der Waals surface area contributed by atoms with E-state index < -0.39 is 0 Å². The van der Waals surface area contributed by atoms with Gasteiger partial charge in [-0.25, -0.2) is 0 Å². The van der Waals surface area contributed by atoms with E-state index in [9.17, 15) is 0 Å². The molecule has 0 saturated heterocycles. The van der Waals surface area contributed by atoms with E-state index >= 15 is 0 Å². The van der Waals surface area contributed by atoms with Crippen molar-refractivity contribution < 1.29 is 0 Å². The molecule has 0 amide bonds. The van der Waals surface area contributed by atoms with Gasteiger partial charge in [-0.3, -0.25) is 4.99 Å². The van der Waals surface area contributed by atoms with Crippen LogP contribution in [0.4, 0.5) is 0 Å². The van der Waals surface area contributed by atoms with Gasteiger partial charge in [0.25, 0.3) is 0 Å². The highest BCUT2D eigenvalue weighted by molar-refractivity contribution is 6.80. The normalized spacial score (nSPS) is 21.3. The van der Waals surface area contributed by atoms with E-state index in [2.05, 4.69) is 29.3 Å². The summed E-state index contributed by atoms with van der Waals surface area (Å²) in [5.74, 6) is 3.04. The molecule has 0 radical (unpaired) electrons. The largest absolute Gasteiger partial charge is 0.358 e. The maximum Gasteiger partial charge on any atom is 0.231 e. The van der Waals surface area contributed by atoms with Crippen molar-refractivity contribution in [3.63, 3.8) is 0 Å². The third-order valence-electron chi connectivity index (χ3n) is 2.37. The Morgan fingerprint density at radius 3 is 3.23 bits per heavy atom. The van der Waals surface area contributed by atoms with E-state index in [0.717, 1.165) is 25.4 Å². The lowest BCUT2D eigenvalue weighted by atomic mass is 9.78. The summed E-state index contributed by atoms with van der Waals surface area (Å²) in [7, 11) is 0.986. The summed E-state index contributed by atoms with van der Waals surface area (Å²) >= 11 is 0. The predicted octanol–water partition coefficient (Wildman–Crippen LogP) is 1.56. The maximum atomic E-state index is 4.54. The van der Waals surface area contributed by atoms with Crippen molar-refractivity contribution in [2.24, 2.45) is 10.9 Å². The lowest BCUT2D eigenvalue weighted by molar-refractivity contribution is 0.986. The van der Waals surface area contributed by atoms with Crippen LogP contribution in [-0.2, 0) is 0 Å². The molecular formula is C10H15BN2. The maximum absolute atomic E-state index is 4.54. The van der Waals surface area contributed by atoms with E-state index in [1.807, 2.05) is 6.20 Å². The van der Waals surface area contributed by atoms with E-state index in [0.29, 0.717) is 0 Å². The van der Waals surface area contributed by atoms with E-state index in [1.165, 1.54) is 18.5 Å². The molecule has 3 heteroatoms. The van der Waals surface area contributed by atoms with Gasteiger partial charge in [0.05, 0.1) is 5.73 Å². The average Bonchev–Trinajstić information content (AvgIpc) is 2.88. The highest BCUT2D eigenvalue weighted by atomic mass is 15.0. The second-order valence-corrected chi connectivity index (χ2v) is 3.62. The molecule has 0 aromatic heterocycles. The fourth-order valence-corrected chi connectivity index (χ4v) is 1.45. The summed E-state index contributed by atoms with van der Waals surface area (Å²) in [6.45, 7) is 2.13. The van der Waals surface area contributed by atoms with Crippen LogP contribution in [0.25, 0.3) is 0 Å². The Morgan fingerprint density at radius 2 is 2.54 bits per heavy atom. The average molecular weight is 174 g/mol. The minimum absolute atomic E-state index is 0.787. The van der Waals surface area contributed by atoms with Gasteiger partial charge in [0.1, 0.15) is 0 Å². The Balaban J connectivity index is 1.83. The minimum Gasteiger partial charge on any atom is -0.358 e. The van der Waals surface area contributed by atoms with Crippen LogP contribution < -0.4 is 5.32 Å². The van der Waals surface area contributed by atoms with E-state index in [1.54, 1.807) is 0 Å². The van der Waals surface area contributed by atoms with Gasteiger partial charge in [0.2, 0.25) is 7.28 Å². The molecule has 1 heterocycles. The number of nitrogens with one attached hydrogen (secondary N) is 1. The Bertz CT molecular complexity index is 275. The van der Waals surface area contributed by atoms with Crippen LogP contribution in [0.5, 0.6) is 0 Å². The van der Waals surface area contributed by atoms with Crippen molar-refractivity contribution in [3.05, 3.63) is 23.9 Å². The number of hydrogen-bond acceptors (Lipinski definition) is 2. The summed E-state index contributed by atoms with van der Waals surface area (Å²) in [6, 6.07) is 0. The van der Waals surface area contributed by atoms with Gasteiger partial charge in [-0.15, -0.1) is 0 Å². The van der Waals surface area contributed by atoms with E-state index in [4.69, 9.17) is 0 Å². The molecule has 68 valence electrons. The zero-order valence-electron chi connectivity index (χ0n) is 8.09. The van der Waals surface area contributed by atoms with Crippen LogP contribution in [0.3, 0.4) is 0 Å². The second kappa shape index (κ2) is 3.82. The summed E-state index contributed by atoms with van der Waals surface area (Å²) in [6.07, 6.45) is 7.85. The van der Waals surface area contributed by atoms with Crippen molar-refractivity contribution in [3.8, 4) is 0 Å². The van der Waals surface area contributed by atoms with Gasteiger partial charge in [-0.2, -0.15) is 0 Å². The Hall–Kier alpha value is -0.985. The van der Waals surface area contributed by atoms with Crippen LogP contribution >= 0.6 is 0 Å². The summed E-state index contributed by atoms with van der Waals surface area (Å²) in [5, 5.41) is 3.21. The molecule has 2 nitrogen and oxygen atoms in total. The second-order valence-electron chi connectivity index (χ2n) is 3.62. The SMILES string of the molecule is CC/C=C/NC1=NC(C2CC2)=CB1. The fourth-order valence-electron chi connectivity index (χ4n) is 1.45. The molecule has 0 bridgehead atoms. The van der Waals surface area contributed by atoms with Crippen LogP contribution in [0.15, 0.2) is 28.9 Å². The fraction of sp³-hybridized carbons (Fsp3) is 0.500. The number of allylic oxidation sites excluding steroid dienone is 2. The van der Waals surface area contributed by atoms with Crippen LogP contribution in [-0.4, -0.2) is 13.0 Å². The van der Waals surface area contributed by atoms with Crippen molar-refractivity contribution in [2.75, 3.05) is 0 Å². The molecule has 0 aromatic rings. The lowest BCUT2D eigenvalue weighted by Gasteiger charge is -1.97. The molecule has 0 atom stereocenters. The molecule has 2 rings (SSSR count). The summed E-state index contributed by atoms with van der Waals surface area (Å²) in [4.78, 5) is 4.54. The molecular weight excluding hydrogens is 159 g/mol. The highest BCUT2D eigenvalue weighted by Gasteiger charge is 2.27. The van der Waals surface area contributed by atoms with Gasteiger partial charge in [0.15, 0.2) is 0 Å². The van der Waals surface area contributed by atoms with Crippen molar-refractivity contribution in [1.82, 2.24) is 5.32 Å². The highest BCUT2D eigenvalue weighted by Crippen LogP contribution is 2.37. The third-order valence-corrected chi connectivity index (χ3v) is 2.37. The smallest absolute Gasteiger partial charge is 0.231 e. The van der Waals surface area contributed by atoms with Crippen molar-refractivity contribution >= 4 is 13.0 Å². The van der Waals surface area contributed by atoms with Gasteiger partial charge in [-0.1, -0.05) is 19.0 Å². The number of rotatable bonds is 3. The summed E-state index contributed by atoms with van der Waals surface area (Å²) in [5.41, 5.74) is 2.42. The molecule has 1 aliphatic carbocycles. The van der Waals surface area contributed by atoms with E-state index in [-0.39, 0.29) is 0 Å². The Labute approximate surface area is 80.1 Å². The third kappa shape index (κ3) is 2.23. The molecule has 13 heavy (non-hydrogen) atoms. The Kier molecular flexibility index (Phi) is 2.53. The van der Waals surface area contributed by atoms with Gasteiger partial charge in [-0.05, 0) is 25.5 Å². The standard InChI is InChI=1S/C10H15BN2/c1-2-3-6-12-10-11-7-9(13-10)8-4-5-8/h3,6-8,11H,2,4-5H2,1H3,(H,12,13)/b6-3+. The number of hydrogen-bond donors (Lipinski definition) is 1. The molecule has 0 unspecified atom stereocenters. The zero-order chi connectivity index (χ0) is 9.10. The molecule has 1 aliphatic heterocycles. The van der Waals surface area contributed by atoms with Gasteiger partial charge < -0.3 is 5.32 Å². The van der Waals surface area contributed by atoms with Gasteiger partial charge in [0, 0.05) is 11.6 Å². The van der Waals surface area contributed by atoms with Crippen molar-refractivity contribution in [1.29, 1.82) is 0 Å². The molecule has 1 N–H and O–H groups in total. The first-order valence-electron chi connectivity index (χ1n) is 5.09. The predicted molar refractivity (Wildman–Crippen MR) is 58.0 cm³/mol. The molecule has 2 aliphatic rings. The van der Waals surface area contributed by atoms with Crippen LogP contribution in [0.1, 0.15) is 26.2 Å². The lowest BCUT2D eigenvalue weighted by Crippen LogP contribution is -2.20. The molecule has 1 saturated carbocycles. The van der Waals surface area contributed by atoms with Crippen LogP contribution in [0.2, 0.25) is 0 Å². The first-order chi connectivity index (χ1) is 6.40. The first-order valence-corrected chi connectivity index (χ1v) is 5.09. The topological polar surface area (TPSA) is 24.4 Å². The van der Waals surface area contributed by atoms with Gasteiger partial charge >= 0.3 is 0 Å².